The Morgan fingerprint density at radius 2 is 2.00 bits per heavy atom. The molecule has 0 saturated heterocycles. The molecular formula is C10H6FN2. The number of hydrogen-bond donors (Lipinski definition) is 0. The number of nitrogens with zero attached hydrogens (tertiary/aromatic N) is 2. The normalized spacial score (nSPS) is 9.92. The second kappa shape index (κ2) is 3.31. The number of halogens is 1. The molecule has 2 aromatic rings. The topological polar surface area (TPSA) is 25.8 Å². The zero-order valence-corrected chi connectivity index (χ0v) is 6.74. The maximum absolute atomic E-state index is 13.2. The fraction of sp³-hybridized carbons (Fsp3) is 0. The van der Waals surface area contributed by atoms with Crippen LogP contribution in [-0.2, 0) is 0 Å². The molecule has 63 valence electrons. The van der Waals surface area contributed by atoms with Crippen LogP contribution in [-0.4, -0.2) is 9.97 Å². The van der Waals surface area contributed by atoms with Crippen molar-refractivity contribution in [2.24, 2.45) is 0 Å². The van der Waals surface area contributed by atoms with Crippen molar-refractivity contribution in [1.82, 2.24) is 9.97 Å². The molecule has 0 amide bonds. The van der Waals surface area contributed by atoms with Crippen molar-refractivity contribution < 1.29 is 4.39 Å². The van der Waals surface area contributed by atoms with Crippen LogP contribution in [0.3, 0.4) is 0 Å². The Kier molecular flexibility index (Phi) is 2.00. The van der Waals surface area contributed by atoms with E-state index >= 15 is 0 Å². The Bertz CT molecular complexity index is 401. The minimum atomic E-state index is -0.306. The van der Waals surface area contributed by atoms with Crippen LogP contribution in [0.15, 0.2) is 36.7 Å². The molecule has 13 heavy (non-hydrogen) atoms. The Morgan fingerprint density at radius 3 is 2.69 bits per heavy atom. The standard InChI is InChI=1S/C10H6FN2/c11-9-4-2-1-3-8(9)10-7-12-5-6-13-10/h1-6H. The fourth-order valence-corrected chi connectivity index (χ4v) is 1.05. The van der Waals surface area contributed by atoms with Crippen LogP contribution in [0.4, 0.5) is 4.39 Å². The third kappa shape index (κ3) is 1.54. The molecule has 3 heteroatoms. The highest BCUT2D eigenvalue weighted by Gasteiger charge is 2.04. The molecule has 1 aromatic heterocycles. The minimum Gasteiger partial charge on any atom is -0.252 e. The SMILES string of the molecule is Fc1ccccc1-c1[c]nccn1. The van der Waals surface area contributed by atoms with Crippen LogP contribution in [0.1, 0.15) is 0 Å². The van der Waals surface area contributed by atoms with Gasteiger partial charge in [-0.2, -0.15) is 0 Å². The van der Waals surface area contributed by atoms with Gasteiger partial charge in [-0.1, -0.05) is 12.1 Å². The van der Waals surface area contributed by atoms with Crippen LogP contribution in [0.25, 0.3) is 11.3 Å². The van der Waals surface area contributed by atoms with E-state index in [9.17, 15) is 4.39 Å². The summed E-state index contributed by atoms with van der Waals surface area (Å²) in [5.74, 6) is -0.306. The Labute approximate surface area is 75.1 Å². The first-order valence-electron chi connectivity index (χ1n) is 3.81. The van der Waals surface area contributed by atoms with Crippen molar-refractivity contribution in [2.45, 2.75) is 0 Å². The lowest BCUT2D eigenvalue weighted by Gasteiger charge is -1.99. The van der Waals surface area contributed by atoms with E-state index in [1.54, 1.807) is 18.2 Å². The third-order valence-electron chi connectivity index (χ3n) is 1.64. The second-order valence-electron chi connectivity index (χ2n) is 2.50. The molecule has 0 saturated carbocycles. The van der Waals surface area contributed by atoms with Gasteiger partial charge in [0.15, 0.2) is 0 Å². The van der Waals surface area contributed by atoms with E-state index in [-0.39, 0.29) is 5.82 Å². The molecule has 1 radical (unpaired) electrons. The molecule has 0 N–H and O–H groups in total. The number of hydrogen-bond acceptors (Lipinski definition) is 2. The number of rotatable bonds is 1. The predicted octanol–water partition coefficient (Wildman–Crippen LogP) is 2.08. The van der Waals surface area contributed by atoms with Crippen LogP contribution >= 0.6 is 0 Å². The number of benzene rings is 1. The van der Waals surface area contributed by atoms with E-state index in [2.05, 4.69) is 16.2 Å². The van der Waals surface area contributed by atoms with Crippen LogP contribution in [0, 0.1) is 12.0 Å². The van der Waals surface area contributed by atoms with Gasteiger partial charge in [0.05, 0.1) is 0 Å². The molecule has 0 bridgehead atoms. The highest BCUT2D eigenvalue weighted by Crippen LogP contribution is 2.17. The van der Waals surface area contributed by atoms with Gasteiger partial charge in [0.25, 0.3) is 0 Å². The van der Waals surface area contributed by atoms with E-state index < -0.39 is 0 Å². The van der Waals surface area contributed by atoms with Crippen LogP contribution < -0.4 is 0 Å². The van der Waals surface area contributed by atoms with Crippen molar-refractivity contribution >= 4 is 0 Å². The molecule has 2 rings (SSSR count). The summed E-state index contributed by atoms with van der Waals surface area (Å²) in [6.45, 7) is 0. The van der Waals surface area contributed by atoms with Gasteiger partial charge >= 0.3 is 0 Å². The smallest absolute Gasteiger partial charge is 0.132 e. The van der Waals surface area contributed by atoms with Gasteiger partial charge in [0, 0.05) is 18.0 Å². The molecule has 1 heterocycles. The summed E-state index contributed by atoms with van der Waals surface area (Å²) in [7, 11) is 0. The molecule has 0 aliphatic carbocycles. The summed E-state index contributed by atoms with van der Waals surface area (Å²) >= 11 is 0. The predicted molar refractivity (Wildman–Crippen MR) is 46.3 cm³/mol. The highest BCUT2D eigenvalue weighted by atomic mass is 19.1. The first-order valence-corrected chi connectivity index (χ1v) is 3.81. The summed E-state index contributed by atoms with van der Waals surface area (Å²) in [5.41, 5.74) is 0.858. The average molecular weight is 173 g/mol. The van der Waals surface area contributed by atoms with E-state index in [1.807, 2.05) is 0 Å². The van der Waals surface area contributed by atoms with Crippen LogP contribution in [0.2, 0.25) is 0 Å². The van der Waals surface area contributed by atoms with Gasteiger partial charge in [-0.25, -0.2) is 4.39 Å². The Morgan fingerprint density at radius 1 is 1.15 bits per heavy atom. The molecule has 0 fully saturated rings. The highest BCUT2D eigenvalue weighted by molar-refractivity contribution is 5.57. The molecule has 0 aliphatic rings. The van der Waals surface area contributed by atoms with Gasteiger partial charge in [-0.3, -0.25) is 9.97 Å². The molecule has 0 aliphatic heterocycles. The summed E-state index contributed by atoms with van der Waals surface area (Å²) in [5, 5.41) is 0. The lowest BCUT2D eigenvalue weighted by molar-refractivity contribution is 0.630. The lowest BCUT2D eigenvalue weighted by Crippen LogP contribution is -1.87. The van der Waals surface area contributed by atoms with Crippen molar-refractivity contribution in [2.75, 3.05) is 0 Å². The van der Waals surface area contributed by atoms with Crippen molar-refractivity contribution in [3.63, 3.8) is 0 Å². The first kappa shape index (κ1) is 7.86. The summed E-state index contributed by atoms with van der Waals surface area (Å²) < 4.78 is 13.2. The monoisotopic (exact) mass is 173 g/mol. The molecule has 0 spiro atoms. The largest absolute Gasteiger partial charge is 0.252 e. The quantitative estimate of drug-likeness (QED) is 0.659. The summed E-state index contributed by atoms with van der Waals surface area (Å²) in [4.78, 5) is 7.70. The van der Waals surface area contributed by atoms with Gasteiger partial charge in [-0.05, 0) is 12.1 Å². The van der Waals surface area contributed by atoms with Gasteiger partial charge in [0.2, 0.25) is 0 Å². The zero-order valence-electron chi connectivity index (χ0n) is 6.74. The lowest BCUT2D eigenvalue weighted by atomic mass is 10.1. The van der Waals surface area contributed by atoms with E-state index in [0.717, 1.165) is 0 Å². The third-order valence-corrected chi connectivity index (χ3v) is 1.64. The molecule has 0 unspecified atom stereocenters. The van der Waals surface area contributed by atoms with Crippen molar-refractivity contribution in [1.29, 1.82) is 0 Å². The fourth-order valence-electron chi connectivity index (χ4n) is 1.05. The molecule has 0 atom stereocenters. The molecule has 2 nitrogen and oxygen atoms in total. The Hall–Kier alpha value is -1.77. The Balaban J connectivity index is 2.54. The maximum Gasteiger partial charge on any atom is 0.132 e. The second-order valence-corrected chi connectivity index (χ2v) is 2.50. The van der Waals surface area contributed by atoms with E-state index in [4.69, 9.17) is 0 Å². The van der Waals surface area contributed by atoms with Crippen molar-refractivity contribution in [3.05, 3.63) is 48.7 Å². The van der Waals surface area contributed by atoms with Crippen molar-refractivity contribution in [3.8, 4) is 11.3 Å². The molecule has 1 aromatic carbocycles. The number of aromatic nitrogens is 2. The van der Waals surface area contributed by atoms with Crippen LogP contribution in [0.5, 0.6) is 0 Å². The average Bonchev–Trinajstić information content (AvgIpc) is 2.20. The van der Waals surface area contributed by atoms with Gasteiger partial charge in [-0.15, -0.1) is 0 Å². The maximum atomic E-state index is 13.2. The zero-order chi connectivity index (χ0) is 9.10. The molecular weight excluding hydrogens is 167 g/mol. The first-order chi connectivity index (χ1) is 6.38. The summed E-state index contributed by atoms with van der Waals surface area (Å²) in [6, 6.07) is 6.42. The summed E-state index contributed by atoms with van der Waals surface area (Å²) in [6.07, 6.45) is 5.64. The van der Waals surface area contributed by atoms with E-state index in [1.165, 1.54) is 18.5 Å². The van der Waals surface area contributed by atoms with Gasteiger partial charge < -0.3 is 0 Å². The van der Waals surface area contributed by atoms with E-state index in [0.29, 0.717) is 11.3 Å². The van der Waals surface area contributed by atoms with Gasteiger partial charge in [0.1, 0.15) is 17.7 Å². The minimum absolute atomic E-state index is 0.306.